The number of hydrogen-bond donors (Lipinski definition) is 2. The molecule has 2 N–H and O–H groups in total. The van der Waals surface area contributed by atoms with Crippen molar-refractivity contribution in [3.63, 3.8) is 0 Å². The number of aliphatic carboxylic acids is 1. The minimum Gasteiger partial charge on any atom is -0.507 e. The average molecular weight is 362 g/mol. The molecule has 136 valence electrons. The van der Waals surface area contributed by atoms with Crippen LogP contribution >= 0.6 is 0 Å². The topological polar surface area (TPSA) is 98.4 Å². The first-order valence-electron chi connectivity index (χ1n) is 8.68. The van der Waals surface area contributed by atoms with E-state index in [-0.39, 0.29) is 12.2 Å². The molecule has 1 aromatic heterocycles. The number of fused-ring (bicyclic) bond motifs is 3. The Labute approximate surface area is 156 Å². The molecule has 0 radical (unpaired) electrons. The van der Waals surface area contributed by atoms with Crippen LogP contribution in [-0.4, -0.2) is 50.8 Å². The molecule has 0 atom stereocenters. The molecule has 0 saturated carbocycles. The molecule has 7 nitrogen and oxygen atoms in total. The number of carboxylic acids is 1. The molecule has 0 amide bonds. The summed E-state index contributed by atoms with van der Waals surface area (Å²) in [7, 11) is 0. The van der Waals surface area contributed by atoms with Gasteiger partial charge in [-0.25, -0.2) is 4.99 Å². The fraction of sp³-hybridized carbons (Fsp3) is 0.200. The lowest BCUT2D eigenvalue weighted by Crippen LogP contribution is -2.36. The number of hydrogen-bond acceptors (Lipinski definition) is 6. The highest BCUT2D eigenvalue weighted by Crippen LogP contribution is 2.31. The molecule has 0 bridgehead atoms. The smallest absolute Gasteiger partial charge is 0.303 e. The average Bonchev–Trinajstić information content (AvgIpc) is 3.17. The van der Waals surface area contributed by atoms with Crippen LogP contribution in [0.3, 0.4) is 0 Å². The maximum Gasteiger partial charge on any atom is 0.303 e. The number of aliphatic imine (C=N–C) groups is 2. The van der Waals surface area contributed by atoms with Crippen molar-refractivity contribution in [2.45, 2.75) is 12.8 Å². The van der Waals surface area contributed by atoms with E-state index in [0.717, 1.165) is 22.6 Å². The molecule has 2 aliphatic rings. The van der Waals surface area contributed by atoms with Crippen LogP contribution in [0.5, 0.6) is 0 Å². The number of amidine groups is 2. The maximum atomic E-state index is 10.8. The number of pyridine rings is 1. The van der Waals surface area contributed by atoms with Gasteiger partial charge in [0.15, 0.2) is 0 Å². The number of aliphatic hydroxyl groups is 1. The number of carboxylic acid groups (broad SMARTS) is 1. The van der Waals surface area contributed by atoms with E-state index in [1.165, 1.54) is 0 Å². The van der Waals surface area contributed by atoms with Gasteiger partial charge < -0.3 is 15.1 Å². The number of aromatic nitrogens is 1. The summed E-state index contributed by atoms with van der Waals surface area (Å²) in [6.45, 7) is 1.36. The van der Waals surface area contributed by atoms with Crippen LogP contribution in [0, 0.1) is 0 Å². The van der Waals surface area contributed by atoms with E-state index in [0.29, 0.717) is 30.9 Å². The first-order valence-corrected chi connectivity index (χ1v) is 8.68. The lowest BCUT2D eigenvalue weighted by atomic mass is 10.0. The van der Waals surface area contributed by atoms with Gasteiger partial charge in [0.1, 0.15) is 17.4 Å². The standard InChI is InChI=1S/C20H18N4O3/c25-17(14-2-1-7-21-12-14)11-18-23-16-10-13(4-6-19(26)27)3-5-15(16)20-22-8-9-24(18)20/h1-3,5,7,10-12,25H,4,6,8-9H2,(H,26,27)/b17-11-. The van der Waals surface area contributed by atoms with Gasteiger partial charge >= 0.3 is 5.97 Å². The zero-order valence-corrected chi connectivity index (χ0v) is 14.5. The Morgan fingerprint density at radius 2 is 2.15 bits per heavy atom. The van der Waals surface area contributed by atoms with E-state index in [9.17, 15) is 9.90 Å². The second-order valence-electron chi connectivity index (χ2n) is 6.34. The zero-order valence-electron chi connectivity index (χ0n) is 14.5. The van der Waals surface area contributed by atoms with Gasteiger partial charge in [0.2, 0.25) is 0 Å². The van der Waals surface area contributed by atoms with Crippen molar-refractivity contribution >= 4 is 29.1 Å². The van der Waals surface area contributed by atoms with Crippen molar-refractivity contribution in [1.29, 1.82) is 0 Å². The summed E-state index contributed by atoms with van der Waals surface area (Å²) in [5.74, 6) is 0.691. The van der Waals surface area contributed by atoms with Gasteiger partial charge in [-0.2, -0.15) is 0 Å². The number of aliphatic hydroxyl groups excluding tert-OH is 1. The van der Waals surface area contributed by atoms with E-state index in [1.807, 2.05) is 23.1 Å². The first kappa shape index (κ1) is 17.0. The summed E-state index contributed by atoms with van der Waals surface area (Å²) in [6.07, 6.45) is 5.37. The molecule has 0 unspecified atom stereocenters. The largest absolute Gasteiger partial charge is 0.507 e. The Kier molecular flexibility index (Phi) is 4.42. The predicted molar refractivity (Wildman–Crippen MR) is 102 cm³/mol. The molecule has 4 rings (SSSR count). The maximum absolute atomic E-state index is 10.8. The summed E-state index contributed by atoms with van der Waals surface area (Å²) < 4.78 is 0. The van der Waals surface area contributed by atoms with Crippen molar-refractivity contribution in [3.05, 3.63) is 65.5 Å². The summed E-state index contributed by atoms with van der Waals surface area (Å²) in [5, 5.41) is 19.3. The molecule has 0 spiro atoms. The molecule has 1 aromatic carbocycles. The molecule has 7 heteroatoms. The Hall–Kier alpha value is -3.48. The van der Waals surface area contributed by atoms with Gasteiger partial charge in [-0.05, 0) is 36.2 Å². The van der Waals surface area contributed by atoms with E-state index >= 15 is 0 Å². The van der Waals surface area contributed by atoms with Crippen LogP contribution in [0.4, 0.5) is 5.69 Å². The summed E-state index contributed by atoms with van der Waals surface area (Å²) in [6, 6.07) is 9.29. The van der Waals surface area contributed by atoms with Gasteiger partial charge in [-0.1, -0.05) is 6.07 Å². The lowest BCUT2D eigenvalue weighted by Gasteiger charge is -2.26. The molecule has 3 heterocycles. The summed E-state index contributed by atoms with van der Waals surface area (Å²) in [4.78, 5) is 26.1. The van der Waals surface area contributed by atoms with E-state index < -0.39 is 5.97 Å². The third-order valence-corrected chi connectivity index (χ3v) is 4.51. The Morgan fingerprint density at radius 3 is 2.93 bits per heavy atom. The number of rotatable bonds is 5. The van der Waals surface area contributed by atoms with Crippen LogP contribution in [0.15, 0.2) is 58.8 Å². The van der Waals surface area contributed by atoms with Crippen molar-refractivity contribution in [2.75, 3.05) is 13.1 Å². The minimum absolute atomic E-state index is 0.0735. The Bertz CT molecular complexity index is 980. The highest BCUT2D eigenvalue weighted by atomic mass is 16.4. The van der Waals surface area contributed by atoms with Crippen molar-refractivity contribution in [3.8, 4) is 0 Å². The first-order chi connectivity index (χ1) is 13.1. The van der Waals surface area contributed by atoms with Gasteiger partial charge in [-0.3, -0.25) is 14.8 Å². The molecule has 2 aromatic rings. The molecule has 0 fully saturated rings. The number of carbonyl (C=O) groups is 1. The fourth-order valence-electron chi connectivity index (χ4n) is 3.18. The monoisotopic (exact) mass is 362 g/mol. The normalized spacial score (nSPS) is 15.7. The number of aryl methyl sites for hydroxylation is 1. The second kappa shape index (κ2) is 7.03. The quantitative estimate of drug-likeness (QED) is 0.797. The van der Waals surface area contributed by atoms with Crippen molar-refractivity contribution < 1.29 is 15.0 Å². The van der Waals surface area contributed by atoms with E-state index in [1.54, 1.807) is 30.6 Å². The van der Waals surface area contributed by atoms with Gasteiger partial charge in [0, 0.05) is 42.6 Å². The minimum atomic E-state index is -0.826. The van der Waals surface area contributed by atoms with Crippen molar-refractivity contribution in [1.82, 2.24) is 9.88 Å². The third-order valence-electron chi connectivity index (χ3n) is 4.51. The van der Waals surface area contributed by atoms with Crippen LogP contribution in [0.1, 0.15) is 23.1 Å². The van der Waals surface area contributed by atoms with E-state index in [2.05, 4.69) is 9.98 Å². The van der Waals surface area contributed by atoms with Gasteiger partial charge in [-0.15, -0.1) is 0 Å². The van der Waals surface area contributed by atoms with Crippen LogP contribution in [0.2, 0.25) is 0 Å². The SMILES string of the molecule is O=C(O)CCc1ccc2c(c1)N=C(/C=C(\O)c1cccnc1)N1CCN=C21. The molecular formula is C20H18N4O3. The van der Waals surface area contributed by atoms with Crippen molar-refractivity contribution in [2.24, 2.45) is 9.98 Å². The lowest BCUT2D eigenvalue weighted by molar-refractivity contribution is -0.136. The van der Waals surface area contributed by atoms with Gasteiger partial charge in [0.25, 0.3) is 0 Å². The predicted octanol–water partition coefficient (Wildman–Crippen LogP) is 2.80. The van der Waals surface area contributed by atoms with E-state index in [4.69, 9.17) is 10.1 Å². The third kappa shape index (κ3) is 3.44. The second-order valence-corrected chi connectivity index (χ2v) is 6.34. The Balaban J connectivity index is 1.72. The Morgan fingerprint density at radius 1 is 1.26 bits per heavy atom. The zero-order chi connectivity index (χ0) is 18.8. The molecule has 27 heavy (non-hydrogen) atoms. The highest BCUT2D eigenvalue weighted by molar-refractivity contribution is 6.19. The van der Waals surface area contributed by atoms with Crippen LogP contribution in [-0.2, 0) is 11.2 Å². The molecular weight excluding hydrogens is 344 g/mol. The highest BCUT2D eigenvalue weighted by Gasteiger charge is 2.28. The molecule has 0 aliphatic carbocycles. The fourth-order valence-corrected chi connectivity index (χ4v) is 3.18. The molecule has 2 aliphatic heterocycles. The summed E-state index contributed by atoms with van der Waals surface area (Å²) in [5.41, 5.74) is 3.18. The van der Waals surface area contributed by atoms with Crippen LogP contribution in [0.25, 0.3) is 5.76 Å². The van der Waals surface area contributed by atoms with Crippen LogP contribution < -0.4 is 0 Å². The summed E-state index contributed by atoms with van der Waals surface area (Å²) >= 11 is 0. The molecule has 0 saturated heterocycles. The number of benzene rings is 1. The van der Waals surface area contributed by atoms with Gasteiger partial charge in [0.05, 0.1) is 12.2 Å². The number of nitrogens with zero attached hydrogens (tertiary/aromatic N) is 4.